The third kappa shape index (κ3) is 4.66. The summed E-state index contributed by atoms with van der Waals surface area (Å²) in [6, 6.07) is 18.0. The third-order valence-corrected chi connectivity index (χ3v) is 6.87. The molecule has 0 amide bonds. The number of imidazole rings is 1. The number of fused-ring (bicyclic) bond motifs is 1. The molecule has 1 aliphatic rings. The number of ether oxygens (including phenoxy) is 1. The second kappa shape index (κ2) is 10.2. The Morgan fingerprint density at radius 2 is 1.92 bits per heavy atom. The fourth-order valence-corrected chi connectivity index (χ4v) is 4.94. The first kappa shape index (κ1) is 23.5. The van der Waals surface area contributed by atoms with Crippen LogP contribution in [0.15, 0.2) is 54.9 Å². The summed E-state index contributed by atoms with van der Waals surface area (Å²) in [7, 11) is 2.15. The molecule has 0 aliphatic carbocycles. The highest BCUT2D eigenvalue weighted by atomic mass is 16.5. The molecule has 1 fully saturated rings. The van der Waals surface area contributed by atoms with Crippen molar-refractivity contribution in [3.8, 4) is 40.5 Å². The van der Waals surface area contributed by atoms with Gasteiger partial charge in [-0.25, -0.2) is 9.97 Å². The molecule has 0 unspecified atom stereocenters. The van der Waals surface area contributed by atoms with Gasteiger partial charge >= 0.3 is 0 Å². The molecule has 1 saturated heterocycles. The molecule has 0 radical (unpaired) electrons. The van der Waals surface area contributed by atoms with Crippen molar-refractivity contribution in [3.05, 3.63) is 71.5 Å². The van der Waals surface area contributed by atoms with Gasteiger partial charge in [0.1, 0.15) is 0 Å². The quantitative estimate of drug-likeness (QED) is 0.388. The Balaban J connectivity index is 1.64. The summed E-state index contributed by atoms with van der Waals surface area (Å²) >= 11 is 0. The van der Waals surface area contributed by atoms with E-state index in [1.54, 1.807) is 18.3 Å². The third-order valence-electron chi connectivity index (χ3n) is 6.87. The van der Waals surface area contributed by atoms with Gasteiger partial charge in [0.05, 0.1) is 42.1 Å². The van der Waals surface area contributed by atoms with Crippen LogP contribution in [0.5, 0.6) is 5.88 Å². The molecule has 5 rings (SSSR count). The Morgan fingerprint density at radius 1 is 1.11 bits per heavy atom. The highest BCUT2D eigenvalue weighted by molar-refractivity contribution is 5.82. The normalized spacial score (nSPS) is 15.9. The minimum atomic E-state index is 0.337. The molecule has 7 heteroatoms. The number of benzene rings is 2. The summed E-state index contributed by atoms with van der Waals surface area (Å²) in [5, 5.41) is 18.6. The Labute approximate surface area is 211 Å². The van der Waals surface area contributed by atoms with E-state index in [9.17, 15) is 10.5 Å². The molecule has 0 saturated carbocycles. The van der Waals surface area contributed by atoms with E-state index in [1.807, 2.05) is 35.7 Å². The molecule has 0 bridgehead atoms. The average Bonchev–Trinajstić information content (AvgIpc) is 3.39. The van der Waals surface area contributed by atoms with Crippen LogP contribution in [0.3, 0.4) is 0 Å². The number of nitriles is 2. The van der Waals surface area contributed by atoms with Crippen molar-refractivity contribution in [2.45, 2.75) is 26.2 Å². The van der Waals surface area contributed by atoms with E-state index in [-0.39, 0.29) is 0 Å². The van der Waals surface area contributed by atoms with E-state index in [2.05, 4.69) is 41.2 Å². The Kier molecular flexibility index (Phi) is 6.66. The van der Waals surface area contributed by atoms with Gasteiger partial charge in [0, 0.05) is 36.0 Å². The molecule has 0 N–H and O–H groups in total. The van der Waals surface area contributed by atoms with E-state index < -0.39 is 0 Å². The van der Waals surface area contributed by atoms with Crippen LogP contribution in [0.2, 0.25) is 0 Å². The maximum absolute atomic E-state index is 9.32. The SMILES string of the molecule is Cc1ccc(-c2c(-c3ccc(C#N)cc3)nc(OC[C@@H]3CCCN(C)C3)c3nccn23)cc1CC#N. The van der Waals surface area contributed by atoms with E-state index in [0.717, 1.165) is 53.2 Å². The minimum absolute atomic E-state index is 0.337. The minimum Gasteiger partial charge on any atom is -0.475 e. The highest BCUT2D eigenvalue weighted by Gasteiger charge is 2.22. The van der Waals surface area contributed by atoms with Crippen molar-refractivity contribution in [1.29, 1.82) is 10.5 Å². The maximum atomic E-state index is 9.32. The first-order valence-electron chi connectivity index (χ1n) is 12.2. The summed E-state index contributed by atoms with van der Waals surface area (Å²) in [6.07, 6.45) is 6.33. The number of hydrogen-bond donors (Lipinski definition) is 0. The Hall–Kier alpha value is -4.20. The molecule has 1 aliphatic heterocycles. The molecule has 0 spiro atoms. The molecule has 4 aromatic rings. The van der Waals surface area contributed by atoms with E-state index in [4.69, 9.17) is 9.72 Å². The van der Waals surface area contributed by atoms with E-state index in [0.29, 0.717) is 36.0 Å². The van der Waals surface area contributed by atoms with Crippen molar-refractivity contribution < 1.29 is 4.74 Å². The van der Waals surface area contributed by atoms with Gasteiger partial charge in [0.2, 0.25) is 5.65 Å². The van der Waals surface area contributed by atoms with E-state index >= 15 is 0 Å². The van der Waals surface area contributed by atoms with Crippen LogP contribution in [0.1, 0.15) is 29.5 Å². The predicted molar refractivity (Wildman–Crippen MR) is 138 cm³/mol. The largest absolute Gasteiger partial charge is 0.475 e. The average molecular weight is 477 g/mol. The molecule has 3 heterocycles. The fourth-order valence-electron chi connectivity index (χ4n) is 4.94. The van der Waals surface area contributed by atoms with Gasteiger partial charge in [-0.2, -0.15) is 10.5 Å². The van der Waals surface area contributed by atoms with Crippen LogP contribution in [0, 0.1) is 35.5 Å². The number of aryl methyl sites for hydroxylation is 1. The van der Waals surface area contributed by atoms with Crippen molar-refractivity contribution in [3.63, 3.8) is 0 Å². The fraction of sp³-hybridized carbons (Fsp3) is 0.310. The zero-order chi connectivity index (χ0) is 25.1. The van der Waals surface area contributed by atoms with Crippen molar-refractivity contribution >= 4 is 5.65 Å². The molecule has 1 atom stereocenters. The first-order valence-corrected chi connectivity index (χ1v) is 12.2. The van der Waals surface area contributed by atoms with Gasteiger partial charge in [0.25, 0.3) is 5.88 Å². The lowest BCUT2D eigenvalue weighted by Crippen LogP contribution is -2.34. The molecule has 2 aromatic carbocycles. The Morgan fingerprint density at radius 3 is 2.67 bits per heavy atom. The molecule has 2 aromatic heterocycles. The monoisotopic (exact) mass is 476 g/mol. The summed E-state index contributed by atoms with van der Waals surface area (Å²) in [5.41, 5.74) is 6.75. The number of nitrogens with zero attached hydrogens (tertiary/aromatic N) is 6. The lowest BCUT2D eigenvalue weighted by molar-refractivity contribution is 0.148. The second-order valence-corrected chi connectivity index (χ2v) is 9.48. The van der Waals surface area contributed by atoms with Gasteiger partial charge in [-0.3, -0.25) is 4.40 Å². The Bertz CT molecular complexity index is 1470. The second-order valence-electron chi connectivity index (χ2n) is 9.48. The topological polar surface area (TPSA) is 90.2 Å². The maximum Gasteiger partial charge on any atom is 0.259 e. The van der Waals surface area contributed by atoms with Crippen molar-refractivity contribution in [1.82, 2.24) is 19.3 Å². The summed E-state index contributed by atoms with van der Waals surface area (Å²) in [5.74, 6) is 0.949. The number of aromatic nitrogens is 3. The number of piperidine rings is 1. The number of likely N-dealkylation sites (tertiary alicyclic amines) is 1. The molecule has 36 heavy (non-hydrogen) atoms. The van der Waals surface area contributed by atoms with Gasteiger partial charge in [-0.05, 0) is 62.7 Å². The number of rotatable bonds is 6. The highest BCUT2D eigenvalue weighted by Crippen LogP contribution is 2.36. The van der Waals surface area contributed by atoms with Crippen LogP contribution in [0.25, 0.3) is 28.2 Å². The standard InChI is InChI=1S/C29H28N6O/c1-20-5-8-25(16-24(20)11-12-30)27-26(23-9-6-21(17-31)7-10-23)33-29(28-32-13-15-35(27)28)36-19-22-4-3-14-34(2)18-22/h5-10,13,15-16,22H,3-4,11,14,18-19H2,1-2H3/t22-/m1/s1. The zero-order valence-corrected chi connectivity index (χ0v) is 20.6. The summed E-state index contributed by atoms with van der Waals surface area (Å²) < 4.78 is 8.35. The predicted octanol–water partition coefficient (Wildman–Crippen LogP) is 5.03. The lowest BCUT2D eigenvalue weighted by Gasteiger charge is -2.29. The summed E-state index contributed by atoms with van der Waals surface area (Å²) in [4.78, 5) is 11.9. The van der Waals surface area contributed by atoms with Crippen LogP contribution >= 0.6 is 0 Å². The van der Waals surface area contributed by atoms with Crippen LogP contribution in [-0.2, 0) is 6.42 Å². The smallest absolute Gasteiger partial charge is 0.259 e. The van der Waals surface area contributed by atoms with Crippen LogP contribution in [-0.4, -0.2) is 46.0 Å². The van der Waals surface area contributed by atoms with Gasteiger partial charge < -0.3 is 9.64 Å². The molecular formula is C29H28N6O. The van der Waals surface area contributed by atoms with Gasteiger partial charge in [-0.15, -0.1) is 0 Å². The van der Waals surface area contributed by atoms with Gasteiger partial charge in [0.15, 0.2) is 0 Å². The lowest BCUT2D eigenvalue weighted by atomic mass is 9.98. The van der Waals surface area contributed by atoms with Crippen molar-refractivity contribution in [2.75, 3.05) is 26.7 Å². The van der Waals surface area contributed by atoms with Gasteiger partial charge in [-0.1, -0.05) is 24.3 Å². The van der Waals surface area contributed by atoms with Crippen LogP contribution < -0.4 is 4.74 Å². The summed E-state index contributed by atoms with van der Waals surface area (Å²) in [6.45, 7) is 4.74. The number of hydrogen-bond acceptors (Lipinski definition) is 6. The van der Waals surface area contributed by atoms with Crippen LogP contribution in [0.4, 0.5) is 0 Å². The zero-order valence-electron chi connectivity index (χ0n) is 20.6. The van der Waals surface area contributed by atoms with Crippen molar-refractivity contribution in [2.24, 2.45) is 5.92 Å². The molecular weight excluding hydrogens is 448 g/mol. The first-order chi connectivity index (χ1) is 17.6. The van der Waals surface area contributed by atoms with E-state index in [1.165, 1.54) is 6.42 Å². The molecule has 180 valence electrons. The molecule has 7 nitrogen and oxygen atoms in total.